The standard InChI is InChI=1S/C19H27N3O5S/c1-12(2)15(20-17(23)27-19(4,5)6)16-21-22-18(26-16)28(24,25)11-14-9-7-8-13(3)10-14/h7-10,12,15H,11H2,1-6H3,(H,20,23)/t15-/m0/s1. The average Bonchev–Trinajstić information content (AvgIpc) is 3.00. The molecule has 28 heavy (non-hydrogen) atoms. The second-order valence-electron chi connectivity index (χ2n) is 8.02. The number of ether oxygens (including phenoxy) is 1. The van der Waals surface area contributed by atoms with E-state index in [-0.39, 0.29) is 17.6 Å². The molecule has 0 aliphatic heterocycles. The van der Waals surface area contributed by atoms with Crippen molar-refractivity contribution in [2.45, 2.75) is 64.2 Å². The Hall–Kier alpha value is -2.42. The Labute approximate surface area is 165 Å². The van der Waals surface area contributed by atoms with E-state index in [1.165, 1.54) is 0 Å². The molecule has 1 heterocycles. The summed E-state index contributed by atoms with van der Waals surface area (Å²) in [7, 11) is -3.81. The molecule has 2 rings (SSSR count). The van der Waals surface area contributed by atoms with Crippen LogP contribution in [0.15, 0.2) is 33.9 Å². The van der Waals surface area contributed by atoms with E-state index < -0.39 is 32.8 Å². The smallest absolute Gasteiger partial charge is 0.408 e. The van der Waals surface area contributed by atoms with Crippen LogP contribution in [-0.2, 0) is 20.3 Å². The molecule has 0 aliphatic rings. The van der Waals surface area contributed by atoms with Crippen molar-refractivity contribution in [2.75, 3.05) is 0 Å². The molecule has 8 nitrogen and oxygen atoms in total. The van der Waals surface area contributed by atoms with Gasteiger partial charge in [-0.25, -0.2) is 13.2 Å². The molecule has 0 fully saturated rings. The molecular formula is C19H27N3O5S. The molecule has 0 spiro atoms. The zero-order valence-corrected chi connectivity index (χ0v) is 17.8. The molecule has 1 amide bonds. The van der Waals surface area contributed by atoms with Gasteiger partial charge in [0.2, 0.25) is 15.7 Å². The number of nitrogens with zero attached hydrogens (tertiary/aromatic N) is 2. The van der Waals surface area contributed by atoms with Crippen LogP contribution in [0, 0.1) is 12.8 Å². The van der Waals surface area contributed by atoms with Crippen LogP contribution in [0.5, 0.6) is 0 Å². The van der Waals surface area contributed by atoms with Gasteiger partial charge in [-0.05, 0) is 39.2 Å². The highest BCUT2D eigenvalue weighted by Gasteiger charge is 2.30. The van der Waals surface area contributed by atoms with Crippen LogP contribution < -0.4 is 5.32 Å². The fourth-order valence-electron chi connectivity index (χ4n) is 2.50. The van der Waals surface area contributed by atoms with Gasteiger partial charge in [0.25, 0.3) is 0 Å². The van der Waals surface area contributed by atoms with E-state index in [0.717, 1.165) is 5.56 Å². The van der Waals surface area contributed by atoms with Gasteiger partial charge in [0, 0.05) is 0 Å². The molecule has 0 bridgehead atoms. The lowest BCUT2D eigenvalue weighted by molar-refractivity contribution is 0.0477. The topological polar surface area (TPSA) is 111 Å². The lowest BCUT2D eigenvalue weighted by Gasteiger charge is -2.23. The first-order valence-corrected chi connectivity index (χ1v) is 10.6. The Morgan fingerprint density at radius 1 is 1.25 bits per heavy atom. The number of rotatable bonds is 6. The maximum atomic E-state index is 12.6. The second kappa shape index (κ2) is 8.30. The Bertz CT molecular complexity index is 929. The zero-order chi connectivity index (χ0) is 21.1. The van der Waals surface area contributed by atoms with E-state index in [4.69, 9.17) is 9.15 Å². The minimum Gasteiger partial charge on any atom is -0.444 e. The van der Waals surface area contributed by atoms with Gasteiger partial charge in [0.15, 0.2) is 0 Å². The number of amides is 1. The third-order valence-electron chi connectivity index (χ3n) is 3.73. The third-order valence-corrected chi connectivity index (χ3v) is 5.14. The summed E-state index contributed by atoms with van der Waals surface area (Å²) in [5.74, 6) is -0.355. The van der Waals surface area contributed by atoms with Crippen molar-refractivity contribution in [3.8, 4) is 0 Å². The van der Waals surface area contributed by atoms with Crippen LogP contribution in [0.2, 0.25) is 0 Å². The number of nitrogens with one attached hydrogen (secondary N) is 1. The highest BCUT2D eigenvalue weighted by Crippen LogP contribution is 2.24. The highest BCUT2D eigenvalue weighted by atomic mass is 32.2. The molecule has 1 aromatic carbocycles. The van der Waals surface area contributed by atoms with Crippen LogP contribution in [0.25, 0.3) is 0 Å². The predicted molar refractivity (Wildman–Crippen MR) is 103 cm³/mol. The summed E-state index contributed by atoms with van der Waals surface area (Å²) in [6.07, 6.45) is -0.645. The van der Waals surface area contributed by atoms with Gasteiger partial charge in [-0.15, -0.1) is 5.10 Å². The van der Waals surface area contributed by atoms with Crippen LogP contribution in [0.4, 0.5) is 4.79 Å². The SMILES string of the molecule is Cc1cccc(CS(=O)(=O)c2nnc([C@@H](NC(=O)OC(C)(C)C)C(C)C)o2)c1. The van der Waals surface area contributed by atoms with Crippen LogP contribution in [-0.4, -0.2) is 30.3 Å². The van der Waals surface area contributed by atoms with E-state index in [0.29, 0.717) is 5.56 Å². The van der Waals surface area contributed by atoms with Crippen molar-refractivity contribution in [2.24, 2.45) is 5.92 Å². The molecule has 0 aliphatic carbocycles. The Kier molecular flexibility index (Phi) is 6.48. The number of aromatic nitrogens is 2. The highest BCUT2D eigenvalue weighted by molar-refractivity contribution is 7.90. The van der Waals surface area contributed by atoms with Crippen molar-refractivity contribution in [1.29, 1.82) is 0 Å². The summed E-state index contributed by atoms with van der Waals surface area (Å²) in [5.41, 5.74) is 0.926. The largest absolute Gasteiger partial charge is 0.444 e. The number of carbonyl (C=O) groups is 1. The first-order chi connectivity index (χ1) is 12.9. The molecule has 1 N–H and O–H groups in total. The number of benzene rings is 1. The predicted octanol–water partition coefficient (Wildman–Crippen LogP) is 3.57. The molecule has 154 valence electrons. The molecule has 1 atom stereocenters. The van der Waals surface area contributed by atoms with Crippen molar-refractivity contribution < 1.29 is 22.4 Å². The van der Waals surface area contributed by atoms with Gasteiger partial charge < -0.3 is 14.5 Å². The van der Waals surface area contributed by atoms with Gasteiger partial charge in [-0.2, -0.15) is 0 Å². The summed E-state index contributed by atoms with van der Waals surface area (Å²) in [6.45, 7) is 10.8. The summed E-state index contributed by atoms with van der Waals surface area (Å²) in [6, 6.07) is 6.51. The first-order valence-electron chi connectivity index (χ1n) is 8.98. The van der Waals surface area contributed by atoms with Gasteiger partial charge in [0.1, 0.15) is 11.6 Å². The van der Waals surface area contributed by atoms with E-state index in [9.17, 15) is 13.2 Å². The fourth-order valence-corrected chi connectivity index (χ4v) is 3.62. The molecule has 9 heteroatoms. The van der Waals surface area contributed by atoms with E-state index in [2.05, 4.69) is 15.5 Å². The maximum Gasteiger partial charge on any atom is 0.408 e. The lowest BCUT2D eigenvalue weighted by Crippen LogP contribution is -2.37. The van der Waals surface area contributed by atoms with Crippen molar-refractivity contribution >= 4 is 15.9 Å². The van der Waals surface area contributed by atoms with Gasteiger partial charge >= 0.3 is 11.3 Å². The number of hydrogen-bond donors (Lipinski definition) is 1. The van der Waals surface area contributed by atoms with E-state index in [1.807, 2.05) is 26.8 Å². The molecule has 0 radical (unpaired) electrons. The number of carbonyl (C=O) groups excluding carboxylic acids is 1. The summed E-state index contributed by atoms with van der Waals surface area (Å²) >= 11 is 0. The van der Waals surface area contributed by atoms with Crippen LogP contribution in [0.1, 0.15) is 57.7 Å². The Morgan fingerprint density at radius 3 is 2.50 bits per heavy atom. The van der Waals surface area contributed by atoms with E-state index in [1.54, 1.807) is 39.0 Å². The number of hydrogen-bond acceptors (Lipinski definition) is 7. The van der Waals surface area contributed by atoms with Gasteiger partial charge in [-0.3, -0.25) is 0 Å². The third kappa shape index (κ3) is 6.05. The Morgan fingerprint density at radius 2 is 1.93 bits per heavy atom. The van der Waals surface area contributed by atoms with Crippen LogP contribution in [0.3, 0.4) is 0 Å². The molecule has 2 aromatic rings. The molecular weight excluding hydrogens is 382 g/mol. The monoisotopic (exact) mass is 409 g/mol. The van der Waals surface area contributed by atoms with Crippen molar-refractivity contribution in [3.05, 3.63) is 41.3 Å². The maximum absolute atomic E-state index is 12.6. The zero-order valence-electron chi connectivity index (χ0n) is 17.0. The normalized spacial score (nSPS) is 13.4. The van der Waals surface area contributed by atoms with Gasteiger partial charge in [0.05, 0.1) is 5.75 Å². The quantitative estimate of drug-likeness (QED) is 0.776. The summed E-state index contributed by atoms with van der Waals surface area (Å²) in [4.78, 5) is 12.1. The molecule has 0 unspecified atom stereocenters. The second-order valence-corrected chi connectivity index (χ2v) is 9.89. The Balaban J connectivity index is 2.20. The van der Waals surface area contributed by atoms with E-state index >= 15 is 0 Å². The summed E-state index contributed by atoms with van der Waals surface area (Å²) in [5, 5.41) is 9.73. The fraction of sp³-hybridized carbons (Fsp3) is 0.526. The number of alkyl carbamates (subject to hydrolysis) is 1. The summed E-state index contributed by atoms with van der Waals surface area (Å²) < 4.78 is 35.9. The minimum atomic E-state index is -3.81. The number of aryl methyl sites for hydroxylation is 1. The average molecular weight is 410 g/mol. The van der Waals surface area contributed by atoms with Crippen molar-refractivity contribution in [1.82, 2.24) is 15.5 Å². The van der Waals surface area contributed by atoms with Crippen LogP contribution >= 0.6 is 0 Å². The van der Waals surface area contributed by atoms with Crippen molar-refractivity contribution in [3.63, 3.8) is 0 Å². The molecule has 0 saturated carbocycles. The lowest BCUT2D eigenvalue weighted by atomic mass is 10.1. The minimum absolute atomic E-state index is 0.0173. The molecule has 0 saturated heterocycles. The number of sulfone groups is 1. The first kappa shape index (κ1) is 21.9. The van der Waals surface area contributed by atoms with Gasteiger partial charge in [-0.1, -0.05) is 48.8 Å². The molecule has 1 aromatic heterocycles.